The lowest BCUT2D eigenvalue weighted by Crippen LogP contribution is -2.47. The molecule has 1 fully saturated rings. The number of carbonyl (C=O) groups excluding carboxylic acids is 9. The van der Waals surface area contributed by atoms with Crippen molar-refractivity contribution in [1.82, 2.24) is 0 Å². The van der Waals surface area contributed by atoms with Crippen molar-refractivity contribution in [3.63, 3.8) is 0 Å². The first-order valence-electron chi connectivity index (χ1n) is 27.6. The fraction of sp³-hybridized carbons (Fsp3) is 0.318. The summed E-state index contributed by atoms with van der Waals surface area (Å²) in [5, 5.41) is 32.7. The fourth-order valence-electron chi connectivity index (χ4n) is 8.24. The van der Waals surface area contributed by atoms with E-state index in [0.717, 1.165) is 25.7 Å². The smallest absolute Gasteiger partial charge is 0.338 e. The SMILES string of the molecule is CC(C)(C)OC(=O)c1ccc(C(=O)OC(c2ccccc2)C(F)(F)C(=O)[O-])cc1.CC1(OC(=O)c2ccc(C(=O)OC(c3ccccc3)C(F)(F)C(=O)[O-])cc2)CCCC1.CCC(C)(C)OC(=O)c1ccc(C(=O)OC(c2ccccc2)C(F)(F)C(=O)[O-])cc1. The van der Waals surface area contributed by atoms with Crippen LogP contribution in [0.25, 0.3) is 0 Å². The van der Waals surface area contributed by atoms with Gasteiger partial charge in [-0.15, -0.1) is 0 Å². The molecule has 0 saturated heterocycles. The number of benzene rings is 6. The van der Waals surface area contributed by atoms with Crippen LogP contribution in [0, 0.1) is 0 Å². The average Bonchev–Trinajstić information content (AvgIpc) is 1.41. The molecule has 1 saturated carbocycles. The second kappa shape index (κ2) is 29.9. The van der Waals surface area contributed by atoms with Crippen molar-refractivity contribution in [2.45, 2.75) is 133 Å². The molecule has 1 aliphatic rings. The second-order valence-corrected chi connectivity index (χ2v) is 22.1. The van der Waals surface area contributed by atoms with Crippen LogP contribution in [0.15, 0.2) is 164 Å². The van der Waals surface area contributed by atoms with Crippen LogP contribution < -0.4 is 15.3 Å². The Morgan fingerprint density at radius 1 is 0.400 bits per heavy atom. The third kappa shape index (κ3) is 19.3. The maximum absolute atomic E-state index is 14.2. The first kappa shape index (κ1) is 70.9. The van der Waals surface area contributed by atoms with E-state index in [1.54, 1.807) is 40.7 Å². The van der Waals surface area contributed by atoms with E-state index >= 15 is 0 Å². The van der Waals surface area contributed by atoms with E-state index in [9.17, 15) is 84.8 Å². The van der Waals surface area contributed by atoms with Crippen LogP contribution in [0.3, 0.4) is 0 Å². The summed E-state index contributed by atoms with van der Waals surface area (Å²) < 4.78 is 115. The Labute approximate surface area is 512 Å². The third-order valence-electron chi connectivity index (χ3n) is 13.5. The van der Waals surface area contributed by atoms with Gasteiger partial charge in [0.15, 0.2) is 18.3 Å². The molecular formula is C66H61F6O18-3. The highest BCUT2D eigenvalue weighted by atomic mass is 19.3. The minimum absolute atomic E-state index is 0.126. The monoisotopic (exact) mass is 1260 g/mol. The van der Waals surface area contributed by atoms with Crippen molar-refractivity contribution in [2.24, 2.45) is 0 Å². The molecule has 3 unspecified atom stereocenters. The van der Waals surface area contributed by atoms with E-state index in [1.165, 1.54) is 158 Å². The number of hydrogen-bond donors (Lipinski definition) is 0. The van der Waals surface area contributed by atoms with Crippen LogP contribution in [0.1, 0.15) is 178 Å². The first-order valence-corrected chi connectivity index (χ1v) is 27.6. The van der Waals surface area contributed by atoms with Crippen molar-refractivity contribution >= 4 is 53.7 Å². The van der Waals surface area contributed by atoms with Crippen LogP contribution >= 0.6 is 0 Å². The van der Waals surface area contributed by atoms with Gasteiger partial charge in [-0.1, -0.05) is 97.9 Å². The third-order valence-corrected chi connectivity index (χ3v) is 13.5. The van der Waals surface area contributed by atoms with Gasteiger partial charge < -0.3 is 58.1 Å². The zero-order valence-electron chi connectivity index (χ0n) is 49.5. The number of aliphatic carboxylic acids is 3. The molecule has 3 atom stereocenters. The average molecular weight is 1260 g/mol. The highest BCUT2D eigenvalue weighted by Crippen LogP contribution is 2.39. The predicted octanol–water partition coefficient (Wildman–Crippen LogP) is 9.70. The largest absolute Gasteiger partial charge is 0.544 e. The van der Waals surface area contributed by atoms with Gasteiger partial charge in [-0.3, -0.25) is 0 Å². The maximum Gasteiger partial charge on any atom is 0.338 e. The predicted molar refractivity (Wildman–Crippen MR) is 300 cm³/mol. The van der Waals surface area contributed by atoms with Crippen LogP contribution in [-0.4, -0.2) is 88.3 Å². The van der Waals surface area contributed by atoms with Crippen molar-refractivity contribution in [3.8, 4) is 0 Å². The Kier molecular flexibility index (Phi) is 23.5. The number of ether oxygens (including phenoxy) is 6. The number of rotatable bonds is 21. The summed E-state index contributed by atoms with van der Waals surface area (Å²) in [6.45, 7) is 12.3. The van der Waals surface area contributed by atoms with Gasteiger partial charge in [0.1, 0.15) is 34.7 Å². The van der Waals surface area contributed by atoms with Gasteiger partial charge in [-0.25, -0.2) is 28.8 Å². The zero-order chi connectivity index (χ0) is 67.0. The minimum Gasteiger partial charge on any atom is -0.544 e. The number of carbonyl (C=O) groups is 9. The Balaban J connectivity index is 0.000000246. The summed E-state index contributed by atoms with van der Waals surface area (Å²) in [5.74, 6) is -26.7. The molecule has 6 aromatic carbocycles. The molecule has 0 spiro atoms. The van der Waals surface area contributed by atoms with Crippen LogP contribution in [0.2, 0.25) is 0 Å². The van der Waals surface area contributed by atoms with Gasteiger partial charge in [-0.05, 0) is 163 Å². The van der Waals surface area contributed by atoms with Crippen LogP contribution in [0.5, 0.6) is 0 Å². The van der Waals surface area contributed by atoms with Crippen LogP contribution in [-0.2, 0) is 42.8 Å². The molecule has 0 bridgehead atoms. The van der Waals surface area contributed by atoms with Gasteiger partial charge in [0.2, 0.25) is 0 Å². The number of esters is 6. The van der Waals surface area contributed by atoms with Crippen molar-refractivity contribution in [1.29, 1.82) is 0 Å². The fourth-order valence-corrected chi connectivity index (χ4v) is 8.24. The summed E-state index contributed by atoms with van der Waals surface area (Å²) in [7, 11) is 0. The van der Waals surface area contributed by atoms with Crippen molar-refractivity contribution < 1.29 is 113 Å². The summed E-state index contributed by atoms with van der Waals surface area (Å²) in [6.07, 6.45) is -3.04. The maximum atomic E-state index is 14.2. The van der Waals surface area contributed by atoms with Gasteiger partial charge in [-0.2, -0.15) is 26.3 Å². The summed E-state index contributed by atoms with van der Waals surface area (Å²) in [5.41, 5.74) is -2.43. The number of carboxylic acids is 3. The second-order valence-electron chi connectivity index (χ2n) is 22.1. The van der Waals surface area contributed by atoms with Gasteiger partial charge in [0.25, 0.3) is 0 Å². The molecule has 7 rings (SSSR count). The molecule has 18 nitrogen and oxygen atoms in total. The topological polar surface area (TPSA) is 278 Å². The normalized spacial score (nSPS) is 14.0. The summed E-state index contributed by atoms with van der Waals surface area (Å²) in [4.78, 5) is 106. The first-order chi connectivity index (χ1) is 42.0. The molecule has 6 aromatic rings. The minimum atomic E-state index is -4.45. The Morgan fingerprint density at radius 2 is 0.644 bits per heavy atom. The molecule has 0 N–H and O–H groups in total. The number of carboxylic acid groups (broad SMARTS) is 3. The molecule has 0 heterocycles. The van der Waals surface area contributed by atoms with E-state index < -0.39 is 107 Å². The number of alkyl halides is 6. The Hall–Kier alpha value is -9.87. The highest BCUT2D eigenvalue weighted by Gasteiger charge is 2.48. The van der Waals surface area contributed by atoms with E-state index in [0.29, 0.717) is 6.42 Å². The van der Waals surface area contributed by atoms with E-state index in [2.05, 4.69) is 0 Å². The Bertz CT molecular complexity index is 3480. The summed E-state index contributed by atoms with van der Waals surface area (Å²) >= 11 is 0. The molecule has 0 aliphatic heterocycles. The number of halogens is 6. The molecule has 90 heavy (non-hydrogen) atoms. The molecule has 24 heteroatoms. The molecular weight excluding hydrogens is 1190 g/mol. The van der Waals surface area contributed by atoms with Gasteiger partial charge in [0, 0.05) is 0 Å². The molecule has 0 amide bonds. The summed E-state index contributed by atoms with van der Waals surface area (Å²) in [6, 6.07) is 35.4. The highest BCUT2D eigenvalue weighted by molar-refractivity contribution is 5.96. The molecule has 0 radical (unpaired) electrons. The molecule has 1 aliphatic carbocycles. The van der Waals surface area contributed by atoms with E-state index in [1.807, 2.05) is 13.8 Å². The van der Waals surface area contributed by atoms with E-state index in [-0.39, 0.29) is 50.1 Å². The lowest BCUT2D eigenvalue weighted by atomic mass is 10.0. The Morgan fingerprint density at radius 3 is 0.889 bits per heavy atom. The van der Waals surface area contributed by atoms with Crippen LogP contribution in [0.4, 0.5) is 26.3 Å². The quantitative estimate of drug-likeness (QED) is 0.0368. The lowest BCUT2D eigenvalue weighted by molar-refractivity contribution is -0.337. The zero-order valence-corrected chi connectivity index (χ0v) is 49.5. The van der Waals surface area contributed by atoms with Gasteiger partial charge >= 0.3 is 53.6 Å². The van der Waals surface area contributed by atoms with Gasteiger partial charge in [0.05, 0.1) is 33.4 Å². The molecule has 0 aromatic heterocycles. The van der Waals surface area contributed by atoms with Crippen molar-refractivity contribution in [2.75, 3.05) is 0 Å². The standard InChI is InChI=1S/C23H22F2O6.C22H22F2O6.C21H20F2O6/c1-22(13-5-6-14-22)31-20(27)17-11-9-16(10-12-17)19(26)30-18(23(24,25)21(28)29)15-7-3-2-4-8-15;1-4-21(2,3)30-19(26)16-12-10-15(11-13-16)18(25)29-17(22(23,24)20(27)28)14-8-6-5-7-9-14;1-20(2,3)29-18(25)15-11-9-14(10-12-15)17(24)28-16(21(22,23)19(26)27)13-7-5-4-6-8-13/h2-4,7-12,18H,5-6,13-14H2,1H3,(H,28,29);5-13,17H,4H2,1-3H3,(H,27,28);4-12,16H,1-3H3,(H,26,27)/p-3. The number of hydrogen-bond acceptors (Lipinski definition) is 18. The van der Waals surface area contributed by atoms with Crippen molar-refractivity contribution in [3.05, 3.63) is 214 Å². The van der Waals surface area contributed by atoms with E-state index in [4.69, 9.17) is 28.4 Å². The lowest BCUT2D eigenvalue weighted by Gasteiger charge is -2.27. The molecule has 478 valence electrons.